The predicted octanol–water partition coefficient (Wildman–Crippen LogP) is 1.52. The lowest BCUT2D eigenvalue weighted by Crippen LogP contribution is -2.19. The third-order valence-electron chi connectivity index (χ3n) is 2.57. The van der Waals surface area contributed by atoms with Crippen molar-refractivity contribution in [3.8, 4) is 11.8 Å². The van der Waals surface area contributed by atoms with E-state index in [0.717, 1.165) is 5.56 Å². The number of rotatable bonds is 7. The second kappa shape index (κ2) is 9.02. The molecule has 2 rings (SSSR count). The molecule has 8 nitrogen and oxygen atoms in total. The Morgan fingerprint density at radius 3 is 2.79 bits per heavy atom. The van der Waals surface area contributed by atoms with Crippen LogP contribution < -0.4 is 15.5 Å². The van der Waals surface area contributed by atoms with E-state index in [1.54, 1.807) is 41.9 Å². The highest BCUT2D eigenvalue weighted by atomic mass is 32.1. The highest BCUT2D eigenvalue weighted by molar-refractivity contribution is 7.13. The summed E-state index contributed by atoms with van der Waals surface area (Å²) in [7, 11) is 0. The van der Waals surface area contributed by atoms with Gasteiger partial charge in [0.05, 0.1) is 12.3 Å². The molecule has 1 heterocycles. The number of hydrogen-bond acceptors (Lipinski definition) is 7. The number of hydrazone groups is 1. The molecule has 0 bridgehead atoms. The topological polar surface area (TPSA) is 116 Å². The summed E-state index contributed by atoms with van der Waals surface area (Å²) in [5.74, 6) is -0.245. The Kier molecular flexibility index (Phi) is 6.43. The molecule has 0 aliphatic heterocycles. The standard InChI is InChI=1S/C15H13N5O3S/c16-6-5-13(21)20-18-9-11-1-3-12(4-2-11)23-10-14(22)19-15-17-7-8-24-15/h1-4,7-9H,5,10H2,(H,20,21)(H,17,19,22). The fourth-order valence-corrected chi connectivity index (χ4v) is 2.07. The van der Waals surface area contributed by atoms with Gasteiger partial charge in [-0.3, -0.25) is 14.9 Å². The summed E-state index contributed by atoms with van der Waals surface area (Å²) in [5, 5.41) is 17.0. The minimum absolute atomic E-state index is 0.128. The lowest BCUT2D eigenvalue weighted by atomic mass is 10.2. The fourth-order valence-electron chi connectivity index (χ4n) is 1.53. The van der Waals surface area contributed by atoms with Gasteiger partial charge in [0.25, 0.3) is 11.8 Å². The molecule has 2 N–H and O–H groups in total. The number of carbonyl (C=O) groups excluding carboxylic acids is 2. The predicted molar refractivity (Wildman–Crippen MR) is 88.6 cm³/mol. The molecule has 122 valence electrons. The van der Waals surface area contributed by atoms with Gasteiger partial charge in [0.1, 0.15) is 12.2 Å². The molecule has 1 aromatic heterocycles. The normalized spacial score (nSPS) is 10.1. The third kappa shape index (κ3) is 5.86. The zero-order valence-electron chi connectivity index (χ0n) is 12.4. The molecule has 24 heavy (non-hydrogen) atoms. The van der Waals surface area contributed by atoms with Crippen molar-refractivity contribution in [2.75, 3.05) is 11.9 Å². The van der Waals surface area contributed by atoms with Crippen LogP contribution in [0.3, 0.4) is 0 Å². The van der Waals surface area contributed by atoms with E-state index in [9.17, 15) is 9.59 Å². The summed E-state index contributed by atoms with van der Waals surface area (Å²) in [6.07, 6.45) is 2.80. The first-order valence-corrected chi connectivity index (χ1v) is 7.66. The van der Waals surface area contributed by atoms with Crippen molar-refractivity contribution in [1.82, 2.24) is 10.4 Å². The van der Waals surface area contributed by atoms with E-state index in [1.165, 1.54) is 17.6 Å². The van der Waals surface area contributed by atoms with Gasteiger partial charge in [0, 0.05) is 11.6 Å². The van der Waals surface area contributed by atoms with Crippen molar-refractivity contribution in [2.24, 2.45) is 5.10 Å². The van der Waals surface area contributed by atoms with Crippen LogP contribution in [0, 0.1) is 11.3 Å². The summed E-state index contributed by atoms with van der Waals surface area (Å²) < 4.78 is 5.36. The molecular weight excluding hydrogens is 330 g/mol. The van der Waals surface area contributed by atoms with Crippen LogP contribution in [0.5, 0.6) is 5.75 Å². The molecule has 0 saturated heterocycles. The first-order valence-electron chi connectivity index (χ1n) is 6.78. The van der Waals surface area contributed by atoms with Crippen LogP contribution in [-0.2, 0) is 9.59 Å². The molecule has 2 aromatic rings. The largest absolute Gasteiger partial charge is 0.484 e. The van der Waals surface area contributed by atoms with Crippen LogP contribution in [0.15, 0.2) is 40.9 Å². The van der Waals surface area contributed by atoms with E-state index in [0.29, 0.717) is 10.9 Å². The molecule has 0 aliphatic carbocycles. The van der Waals surface area contributed by atoms with E-state index < -0.39 is 5.91 Å². The number of thiazole rings is 1. The van der Waals surface area contributed by atoms with Crippen molar-refractivity contribution in [2.45, 2.75) is 6.42 Å². The average Bonchev–Trinajstić information content (AvgIpc) is 3.07. The highest BCUT2D eigenvalue weighted by Crippen LogP contribution is 2.12. The second-order valence-electron chi connectivity index (χ2n) is 4.37. The van der Waals surface area contributed by atoms with Crippen LogP contribution >= 0.6 is 11.3 Å². The van der Waals surface area contributed by atoms with Crippen LogP contribution in [-0.4, -0.2) is 29.6 Å². The molecule has 0 saturated carbocycles. The monoisotopic (exact) mass is 343 g/mol. The zero-order chi connectivity index (χ0) is 17.2. The summed E-state index contributed by atoms with van der Waals surface area (Å²) >= 11 is 1.33. The number of amides is 2. The minimum atomic E-state index is -0.472. The van der Waals surface area contributed by atoms with Crippen LogP contribution in [0.1, 0.15) is 12.0 Å². The molecule has 1 aromatic carbocycles. The van der Waals surface area contributed by atoms with E-state index >= 15 is 0 Å². The van der Waals surface area contributed by atoms with Gasteiger partial charge >= 0.3 is 0 Å². The Hall–Kier alpha value is -3.25. The Balaban J connectivity index is 1.77. The number of nitrogens with zero attached hydrogens (tertiary/aromatic N) is 3. The van der Waals surface area contributed by atoms with Gasteiger partial charge in [-0.1, -0.05) is 0 Å². The molecule has 2 amide bonds. The van der Waals surface area contributed by atoms with E-state index in [1.807, 2.05) is 0 Å². The number of benzene rings is 1. The smallest absolute Gasteiger partial charge is 0.264 e. The fraction of sp³-hybridized carbons (Fsp3) is 0.133. The summed E-state index contributed by atoms with van der Waals surface area (Å²) in [5.41, 5.74) is 2.96. The lowest BCUT2D eigenvalue weighted by molar-refractivity contribution is -0.120. The molecule has 9 heteroatoms. The number of nitriles is 1. The first kappa shape index (κ1) is 17.1. The SMILES string of the molecule is N#CCC(=O)NN=Cc1ccc(OCC(=O)Nc2nccs2)cc1. The Morgan fingerprint density at radius 2 is 2.12 bits per heavy atom. The van der Waals surface area contributed by atoms with E-state index in [-0.39, 0.29) is 18.9 Å². The molecule has 0 radical (unpaired) electrons. The van der Waals surface area contributed by atoms with Crippen molar-refractivity contribution in [3.63, 3.8) is 0 Å². The Bertz CT molecular complexity index is 750. The summed E-state index contributed by atoms with van der Waals surface area (Å²) in [4.78, 5) is 26.6. The first-order chi connectivity index (χ1) is 11.7. The van der Waals surface area contributed by atoms with Gasteiger partial charge in [0.2, 0.25) is 0 Å². The third-order valence-corrected chi connectivity index (χ3v) is 3.26. The Labute approximate surface area is 141 Å². The number of anilines is 1. The van der Waals surface area contributed by atoms with Gasteiger partial charge in [-0.25, -0.2) is 10.4 Å². The second-order valence-corrected chi connectivity index (χ2v) is 5.27. The van der Waals surface area contributed by atoms with Crippen LogP contribution in [0.2, 0.25) is 0 Å². The molecule has 0 aliphatic rings. The van der Waals surface area contributed by atoms with Gasteiger partial charge in [-0.15, -0.1) is 11.3 Å². The van der Waals surface area contributed by atoms with Crippen LogP contribution in [0.25, 0.3) is 0 Å². The average molecular weight is 343 g/mol. The van der Waals surface area contributed by atoms with Crippen molar-refractivity contribution in [1.29, 1.82) is 5.26 Å². The van der Waals surface area contributed by atoms with Gasteiger partial charge in [0.15, 0.2) is 11.7 Å². The maximum atomic E-state index is 11.7. The maximum Gasteiger partial charge on any atom is 0.264 e. The van der Waals surface area contributed by atoms with Crippen LogP contribution in [0.4, 0.5) is 5.13 Å². The van der Waals surface area contributed by atoms with E-state index in [2.05, 4.69) is 20.8 Å². The lowest BCUT2D eigenvalue weighted by Gasteiger charge is -2.06. The van der Waals surface area contributed by atoms with Gasteiger partial charge < -0.3 is 4.74 Å². The number of ether oxygens (including phenoxy) is 1. The maximum absolute atomic E-state index is 11.7. The zero-order valence-corrected chi connectivity index (χ0v) is 13.2. The van der Waals surface area contributed by atoms with Crippen molar-refractivity contribution in [3.05, 3.63) is 41.4 Å². The Morgan fingerprint density at radius 1 is 1.33 bits per heavy atom. The van der Waals surface area contributed by atoms with Crippen molar-refractivity contribution < 1.29 is 14.3 Å². The molecule has 0 spiro atoms. The number of nitrogens with one attached hydrogen (secondary N) is 2. The summed E-state index contributed by atoms with van der Waals surface area (Å²) in [6, 6.07) is 8.51. The quantitative estimate of drug-likeness (QED) is 0.584. The number of carbonyl (C=O) groups is 2. The summed E-state index contributed by atoms with van der Waals surface area (Å²) in [6.45, 7) is -0.128. The van der Waals surface area contributed by atoms with Gasteiger partial charge in [-0.05, 0) is 29.8 Å². The van der Waals surface area contributed by atoms with E-state index in [4.69, 9.17) is 10.00 Å². The molecule has 0 unspecified atom stereocenters. The van der Waals surface area contributed by atoms with Crippen molar-refractivity contribution >= 4 is 34.5 Å². The minimum Gasteiger partial charge on any atom is -0.484 e. The highest BCUT2D eigenvalue weighted by Gasteiger charge is 2.05. The molecular formula is C15H13N5O3S. The molecule has 0 fully saturated rings. The number of hydrogen-bond donors (Lipinski definition) is 2. The van der Waals surface area contributed by atoms with Gasteiger partial charge in [-0.2, -0.15) is 10.4 Å². The number of aromatic nitrogens is 1. The molecule has 0 atom stereocenters.